The van der Waals surface area contributed by atoms with E-state index in [0.29, 0.717) is 5.57 Å². The minimum Gasteiger partial charge on any atom is -0.480 e. The number of allylic oxidation sites excluding steroid dienone is 1. The van der Waals surface area contributed by atoms with Crippen molar-refractivity contribution in [3.8, 4) is 0 Å². The van der Waals surface area contributed by atoms with E-state index in [2.05, 4.69) is 0 Å². The van der Waals surface area contributed by atoms with Crippen LogP contribution < -0.4 is 5.73 Å². The van der Waals surface area contributed by atoms with E-state index in [0.717, 1.165) is 0 Å². The van der Waals surface area contributed by atoms with Crippen LogP contribution in [0.15, 0.2) is 23.8 Å². The van der Waals surface area contributed by atoms with Crippen LogP contribution in [0.3, 0.4) is 0 Å². The van der Waals surface area contributed by atoms with Crippen LogP contribution in [-0.2, 0) is 14.3 Å². The van der Waals surface area contributed by atoms with E-state index < -0.39 is 29.2 Å². The van der Waals surface area contributed by atoms with E-state index in [1.807, 2.05) is 0 Å². The smallest absolute Gasteiger partial charge is 0.343 e. The van der Waals surface area contributed by atoms with Gasteiger partial charge in [-0.25, -0.2) is 4.79 Å². The third-order valence-electron chi connectivity index (χ3n) is 2.77. The molecule has 0 heterocycles. The third kappa shape index (κ3) is 4.47. The predicted octanol–water partition coefficient (Wildman–Crippen LogP) is 0.747. The van der Waals surface area contributed by atoms with Crippen LogP contribution in [0.5, 0.6) is 0 Å². The van der Waals surface area contributed by atoms with Crippen LogP contribution in [0.25, 0.3) is 0 Å². The molecule has 6 heteroatoms. The van der Waals surface area contributed by atoms with Crippen LogP contribution in [-0.4, -0.2) is 39.4 Å². The molecule has 1 unspecified atom stereocenters. The summed E-state index contributed by atoms with van der Waals surface area (Å²) in [6.07, 6.45) is 4.63. The van der Waals surface area contributed by atoms with Crippen LogP contribution in [0.4, 0.5) is 0 Å². The highest BCUT2D eigenvalue weighted by Crippen LogP contribution is 2.26. The fourth-order valence-corrected chi connectivity index (χ4v) is 1.68. The van der Waals surface area contributed by atoms with E-state index in [1.54, 1.807) is 26.8 Å². The number of aliphatic carboxylic acids is 1. The van der Waals surface area contributed by atoms with E-state index >= 15 is 0 Å². The number of ether oxygens (including phenoxy) is 1. The van der Waals surface area contributed by atoms with Gasteiger partial charge < -0.3 is 20.7 Å². The van der Waals surface area contributed by atoms with Crippen molar-refractivity contribution in [2.75, 3.05) is 0 Å². The first kappa shape index (κ1) is 16.4. The first-order valence-electron chi connectivity index (χ1n) is 6.36. The third-order valence-corrected chi connectivity index (χ3v) is 2.77. The molecule has 2 atom stereocenters. The van der Waals surface area contributed by atoms with Gasteiger partial charge in [0.1, 0.15) is 11.6 Å². The zero-order valence-electron chi connectivity index (χ0n) is 11.9. The van der Waals surface area contributed by atoms with Gasteiger partial charge in [0.05, 0.1) is 0 Å². The van der Waals surface area contributed by atoms with Crippen LogP contribution >= 0.6 is 0 Å². The normalized spacial score (nSPS) is 23.9. The minimum atomic E-state index is -1.70. The van der Waals surface area contributed by atoms with Crippen molar-refractivity contribution in [3.63, 3.8) is 0 Å². The number of nitrogens with two attached hydrogens (primary N) is 1. The number of carboxylic acid groups (broad SMARTS) is 1. The number of carbonyl (C=O) groups excluding carboxylic acids is 1. The average Bonchev–Trinajstić information content (AvgIpc) is 2.30. The Hall–Kier alpha value is -1.66. The molecule has 0 aromatic rings. The zero-order valence-corrected chi connectivity index (χ0v) is 11.9. The van der Waals surface area contributed by atoms with Crippen molar-refractivity contribution < 1.29 is 24.5 Å². The summed E-state index contributed by atoms with van der Waals surface area (Å²) in [5, 5.41) is 18.9. The molecule has 0 aliphatic heterocycles. The highest BCUT2D eigenvalue weighted by Gasteiger charge is 2.38. The van der Waals surface area contributed by atoms with E-state index in [9.17, 15) is 14.7 Å². The van der Waals surface area contributed by atoms with Gasteiger partial charge in [0.25, 0.3) is 0 Å². The molecule has 0 spiro atoms. The number of aliphatic hydroxyl groups is 1. The molecule has 0 amide bonds. The average molecular weight is 283 g/mol. The standard InChI is InChI=1S/C14H21NO5/c1-13(2,3)20-12(18)14(19)6-4-9(5-7-14)8-10(15)11(16)17/h4-6,10,19H,7-8,15H2,1-3H3,(H,16,17)/t10-,14?/m0/s1. The van der Waals surface area contributed by atoms with Crippen molar-refractivity contribution in [1.29, 1.82) is 0 Å². The minimum absolute atomic E-state index is 0.0418. The molecule has 1 aliphatic rings. The molecule has 0 aromatic heterocycles. The summed E-state index contributed by atoms with van der Waals surface area (Å²) in [5.41, 5.74) is 3.72. The molecule has 1 aliphatic carbocycles. The van der Waals surface area contributed by atoms with Crippen molar-refractivity contribution >= 4 is 11.9 Å². The maximum atomic E-state index is 11.9. The highest BCUT2D eigenvalue weighted by atomic mass is 16.6. The molecule has 4 N–H and O–H groups in total. The topological polar surface area (TPSA) is 110 Å². The molecule has 0 radical (unpaired) electrons. The Bertz CT molecular complexity index is 461. The van der Waals surface area contributed by atoms with Gasteiger partial charge in [0, 0.05) is 6.42 Å². The number of carbonyl (C=O) groups is 2. The molecule has 20 heavy (non-hydrogen) atoms. The van der Waals surface area contributed by atoms with Crippen LogP contribution in [0.1, 0.15) is 33.6 Å². The van der Waals surface area contributed by atoms with E-state index in [4.69, 9.17) is 15.6 Å². The Kier molecular flexibility index (Phi) is 4.73. The Balaban J connectivity index is 2.69. The van der Waals surface area contributed by atoms with Crippen LogP contribution in [0, 0.1) is 0 Å². The SMILES string of the molecule is CC(C)(C)OC(=O)C1(O)C=CC(C[C@H](N)C(=O)O)=CC1. The summed E-state index contributed by atoms with van der Waals surface area (Å²) in [7, 11) is 0. The van der Waals surface area contributed by atoms with Gasteiger partial charge in [-0.05, 0) is 38.8 Å². The molecular formula is C14H21NO5. The lowest BCUT2D eigenvalue weighted by Gasteiger charge is -2.29. The molecule has 1 rings (SSSR count). The van der Waals surface area contributed by atoms with Gasteiger partial charge in [-0.15, -0.1) is 0 Å². The first-order chi connectivity index (χ1) is 9.03. The zero-order chi connectivity index (χ0) is 15.6. The first-order valence-corrected chi connectivity index (χ1v) is 6.36. The predicted molar refractivity (Wildman–Crippen MR) is 72.9 cm³/mol. The Morgan fingerprint density at radius 1 is 1.50 bits per heavy atom. The molecule has 0 saturated carbocycles. The maximum Gasteiger partial charge on any atom is 0.343 e. The lowest BCUT2D eigenvalue weighted by Crippen LogP contribution is -2.42. The van der Waals surface area contributed by atoms with Gasteiger partial charge in [-0.1, -0.05) is 12.2 Å². The second-order valence-corrected chi connectivity index (χ2v) is 5.89. The van der Waals surface area contributed by atoms with Gasteiger partial charge in [0.15, 0.2) is 5.60 Å². The summed E-state index contributed by atoms with van der Waals surface area (Å²) in [4.78, 5) is 22.6. The van der Waals surface area contributed by atoms with Crippen molar-refractivity contribution in [2.24, 2.45) is 5.73 Å². The molecule has 0 saturated heterocycles. The van der Waals surface area contributed by atoms with Gasteiger partial charge in [0.2, 0.25) is 0 Å². The quantitative estimate of drug-likeness (QED) is 0.657. The second-order valence-electron chi connectivity index (χ2n) is 5.89. The molecular weight excluding hydrogens is 262 g/mol. The van der Waals surface area contributed by atoms with Crippen LogP contribution in [0.2, 0.25) is 0 Å². The number of hydrogen-bond donors (Lipinski definition) is 3. The maximum absolute atomic E-state index is 11.9. The monoisotopic (exact) mass is 283 g/mol. The summed E-state index contributed by atoms with van der Waals surface area (Å²) in [6.45, 7) is 5.15. The van der Waals surface area contributed by atoms with Gasteiger partial charge in [-0.3, -0.25) is 4.79 Å². The lowest BCUT2D eigenvalue weighted by atomic mass is 9.90. The fraction of sp³-hybridized carbons (Fsp3) is 0.571. The second kappa shape index (κ2) is 5.76. The Labute approximate surface area is 117 Å². The molecule has 0 fully saturated rings. The van der Waals surface area contributed by atoms with Crippen molar-refractivity contribution in [3.05, 3.63) is 23.8 Å². The number of carboxylic acids is 1. The van der Waals surface area contributed by atoms with E-state index in [1.165, 1.54) is 12.2 Å². The molecule has 0 aromatic carbocycles. The number of hydrogen-bond acceptors (Lipinski definition) is 5. The molecule has 6 nitrogen and oxygen atoms in total. The Morgan fingerprint density at radius 2 is 2.10 bits per heavy atom. The van der Waals surface area contributed by atoms with E-state index in [-0.39, 0.29) is 12.8 Å². The highest BCUT2D eigenvalue weighted by molar-refractivity contribution is 5.83. The van der Waals surface area contributed by atoms with Crippen molar-refractivity contribution in [2.45, 2.75) is 50.9 Å². The van der Waals surface area contributed by atoms with Crippen molar-refractivity contribution in [1.82, 2.24) is 0 Å². The van der Waals surface area contributed by atoms with Gasteiger partial charge >= 0.3 is 11.9 Å². The summed E-state index contributed by atoms with van der Waals surface area (Å²) in [6, 6.07) is -1.00. The lowest BCUT2D eigenvalue weighted by molar-refractivity contribution is -0.172. The molecule has 0 bridgehead atoms. The number of rotatable bonds is 4. The number of esters is 1. The fourth-order valence-electron chi connectivity index (χ4n) is 1.68. The van der Waals surface area contributed by atoms with Gasteiger partial charge in [-0.2, -0.15) is 0 Å². The largest absolute Gasteiger partial charge is 0.480 e. The molecule has 112 valence electrons. The Morgan fingerprint density at radius 3 is 2.50 bits per heavy atom. The summed E-state index contributed by atoms with van der Waals surface area (Å²) >= 11 is 0. The summed E-state index contributed by atoms with van der Waals surface area (Å²) in [5.74, 6) is -1.81. The summed E-state index contributed by atoms with van der Waals surface area (Å²) < 4.78 is 5.15.